The molecule has 6 aromatic carbocycles. The zero-order valence-electron chi connectivity index (χ0n) is 32.5. The molecule has 4 N–H and O–H groups in total. The molecule has 1 aliphatic rings. The van der Waals surface area contributed by atoms with Crippen molar-refractivity contribution in [3.63, 3.8) is 0 Å². The van der Waals surface area contributed by atoms with E-state index in [9.17, 15) is 14.4 Å². The van der Waals surface area contributed by atoms with Gasteiger partial charge in [0.05, 0.1) is 15.5 Å². The van der Waals surface area contributed by atoms with Crippen LogP contribution >= 0.6 is 23.5 Å². The molecule has 7 nitrogen and oxygen atoms in total. The van der Waals surface area contributed by atoms with E-state index in [1.54, 1.807) is 23.5 Å². The zero-order chi connectivity index (χ0) is 40.6. The van der Waals surface area contributed by atoms with Crippen LogP contribution in [-0.2, 0) is 23.8 Å². The number of nitrogens with one attached hydrogen (secondary N) is 2. The third kappa shape index (κ3) is 9.91. The fraction of sp³-hybridized carbons (Fsp3) is 0.204. The summed E-state index contributed by atoms with van der Waals surface area (Å²) >= 11 is 3.33. The molecule has 58 heavy (non-hydrogen) atoms. The Labute approximate surface area is 350 Å². The van der Waals surface area contributed by atoms with Gasteiger partial charge in [0.1, 0.15) is 6.04 Å². The van der Waals surface area contributed by atoms with E-state index >= 15 is 0 Å². The van der Waals surface area contributed by atoms with Gasteiger partial charge in [-0.15, -0.1) is 23.5 Å². The van der Waals surface area contributed by atoms with Crippen molar-refractivity contribution in [1.29, 1.82) is 0 Å². The Bertz CT molecular complexity index is 1990. The lowest BCUT2D eigenvalue weighted by atomic mass is 9.84. The second kappa shape index (κ2) is 20.7. The van der Waals surface area contributed by atoms with Gasteiger partial charge in [-0.05, 0) is 39.8 Å². The SMILES string of the molecule is CCCCNC(=O)[C@@H](N)CSC(c1ccccc1)(c1ccccc1)c1ccccc1.O=C1N[C@@H](CSC(c2ccccc2)(c2ccccc2)c2ccccc2)C(=O)O1. The fourth-order valence-corrected chi connectivity index (χ4v) is 10.1. The summed E-state index contributed by atoms with van der Waals surface area (Å²) in [4.78, 5) is 35.9. The Morgan fingerprint density at radius 2 is 0.966 bits per heavy atom. The van der Waals surface area contributed by atoms with Gasteiger partial charge >= 0.3 is 12.1 Å². The van der Waals surface area contributed by atoms with Gasteiger partial charge in [0.25, 0.3) is 0 Å². The van der Waals surface area contributed by atoms with Crippen LogP contribution in [0.4, 0.5) is 4.79 Å². The van der Waals surface area contributed by atoms with Gasteiger partial charge in [-0.2, -0.15) is 0 Å². The Hall–Kier alpha value is -5.61. The molecule has 7 rings (SSSR count). The number of hydrogen-bond acceptors (Lipinski definition) is 7. The number of benzene rings is 6. The summed E-state index contributed by atoms with van der Waals surface area (Å²) in [5.74, 6) is 0.291. The second-order valence-electron chi connectivity index (χ2n) is 13.8. The van der Waals surface area contributed by atoms with E-state index in [2.05, 4.69) is 131 Å². The lowest BCUT2D eigenvalue weighted by Crippen LogP contribution is -2.43. The lowest BCUT2D eigenvalue weighted by molar-refractivity contribution is -0.134. The van der Waals surface area contributed by atoms with E-state index in [-0.39, 0.29) is 5.91 Å². The largest absolute Gasteiger partial charge is 0.415 e. The number of ether oxygens (including phenoxy) is 1. The fourth-order valence-electron chi connectivity index (χ4n) is 7.06. The van der Waals surface area contributed by atoms with Crippen LogP contribution in [0, 0.1) is 0 Å². The number of amides is 2. The summed E-state index contributed by atoms with van der Waals surface area (Å²) in [6, 6.07) is 60.8. The molecule has 0 saturated carbocycles. The minimum absolute atomic E-state index is 0.0842. The molecule has 0 unspecified atom stereocenters. The van der Waals surface area contributed by atoms with E-state index in [1.807, 2.05) is 72.8 Å². The van der Waals surface area contributed by atoms with Crippen LogP contribution in [0.25, 0.3) is 0 Å². The van der Waals surface area contributed by atoms with Crippen molar-refractivity contribution >= 4 is 41.5 Å². The number of carbonyl (C=O) groups is 3. The molecule has 0 radical (unpaired) electrons. The Morgan fingerprint density at radius 3 is 1.28 bits per heavy atom. The number of unbranched alkanes of at least 4 members (excludes halogenated alkanes) is 1. The number of thioether (sulfide) groups is 2. The van der Waals surface area contributed by atoms with Gasteiger partial charge in [-0.25, -0.2) is 9.59 Å². The van der Waals surface area contributed by atoms with Gasteiger partial charge < -0.3 is 21.1 Å². The van der Waals surface area contributed by atoms with Crippen LogP contribution in [0.15, 0.2) is 182 Å². The summed E-state index contributed by atoms with van der Waals surface area (Å²) in [5, 5.41) is 5.56. The highest BCUT2D eigenvalue weighted by atomic mass is 32.2. The van der Waals surface area contributed by atoms with Crippen molar-refractivity contribution in [2.75, 3.05) is 18.1 Å². The summed E-state index contributed by atoms with van der Waals surface area (Å²) in [5.41, 5.74) is 13.1. The van der Waals surface area contributed by atoms with Crippen LogP contribution in [0.1, 0.15) is 53.1 Å². The molecule has 1 saturated heterocycles. The van der Waals surface area contributed by atoms with Crippen LogP contribution in [0.3, 0.4) is 0 Å². The molecule has 0 aromatic heterocycles. The van der Waals surface area contributed by atoms with Crippen LogP contribution < -0.4 is 16.4 Å². The summed E-state index contributed by atoms with van der Waals surface area (Å²) in [6.45, 7) is 2.78. The van der Waals surface area contributed by atoms with E-state index in [4.69, 9.17) is 5.73 Å². The normalized spacial score (nSPS) is 14.3. The molecular weight excluding hydrogens is 759 g/mol. The molecule has 0 bridgehead atoms. The van der Waals surface area contributed by atoms with Crippen molar-refractivity contribution in [2.45, 2.75) is 41.3 Å². The maximum absolute atomic E-state index is 12.5. The Balaban J connectivity index is 0.000000196. The monoisotopic (exact) mass is 807 g/mol. The number of esters is 1. The third-order valence-electron chi connectivity index (χ3n) is 9.96. The smallest absolute Gasteiger partial charge is 0.375 e. The zero-order valence-corrected chi connectivity index (χ0v) is 34.2. The maximum Gasteiger partial charge on any atom is 0.415 e. The summed E-state index contributed by atoms with van der Waals surface area (Å²) in [7, 11) is 0. The Kier molecular flexibility index (Phi) is 15.0. The molecule has 9 heteroatoms. The van der Waals surface area contributed by atoms with Crippen molar-refractivity contribution in [3.05, 3.63) is 215 Å². The maximum atomic E-state index is 12.5. The third-order valence-corrected chi connectivity index (χ3v) is 13.3. The van der Waals surface area contributed by atoms with Crippen LogP contribution in [0.2, 0.25) is 0 Å². The molecular formula is C49H49N3O4S2. The Morgan fingerprint density at radius 1 is 0.621 bits per heavy atom. The second-order valence-corrected chi connectivity index (χ2v) is 16.3. The number of nitrogens with two attached hydrogens (primary N) is 1. The molecule has 1 aliphatic heterocycles. The first-order chi connectivity index (χ1) is 28.4. The molecule has 2 amide bonds. The predicted molar refractivity (Wildman–Crippen MR) is 238 cm³/mol. The lowest BCUT2D eigenvalue weighted by Gasteiger charge is -2.36. The minimum Gasteiger partial charge on any atom is -0.375 e. The predicted octanol–water partition coefficient (Wildman–Crippen LogP) is 9.30. The van der Waals surface area contributed by atoms with E-state index in [1.165, 1.54) is 16.7 Å². The molecule has 296 valence electrons. The van der Waals surface area contributed by atoms with E-state index < -0.39 is 33.6 Å². The van der Waals surface area contributed by atoms with Crippen molar-refractivity contribution < 1.29 is 19.1 Å². The van der Waals surface area contributed by atoms with Crippen molar-refractivity contribution in [1.82, 2.24) is 10.6 Å². The minimum atomic E-state index is -0.680. The molecule has 1 heterocycles. The van der Waals surface area contributed by atoms with Crippen molar-refractivity contribution in [2.24, 2.45) is 5.73 Å². The number of cyclic esters (lactones) is 2. The summed E-state index contributed by atoms with van der Waals surface area (Å²) in [6.07, 6.45) is 1.33. The number of alkyl carbamates (subject to hydrolysis) is 1. The summed E-state index contributed by atoms with van der Waals surface area (Å²) < 4.78 is 3.67. The van der Waals surface area contributed by atoms with Crippen LogP contribution in [0.5, 0.6) is 0 Å². The number of hydrogen-bond donors (Lipinski definition) is 3. The number of rotatable bonds is 16. The molecule has 2 atom stereocenters. The average Bonchev–Trinajstić information content (AvgIpc) is 3.62. The standard InChI is InChI=1S/C26H30N2OS.C23H19NO3S/c1-2-3-19-28-25(29)24(27)20-30-26(21-13-7-4-8-14-21,22-15-9-5-10-16-22)23-17-11-6-12-18-23;25-21-20(24-22(26)27-21)16-28-23(17-10-4-1-5-11-17,18-12-6-2-7-13-18)19-14-8-3-9-15-19/h4-18,24H,2-3,19-20,27H2,1H3,(H,28,29);1-15,20H,16H2,(H,24,26)/t24-;20-/m00/s1. The first kappa shape index (κ1) is 42.0. The quantitative estimate of drug-likeness (QED) is 0.0387. The van der Waals surface area contributed by atoms with Gasteiger partial charge in [0.15, 0.2) is 0 Å². The average molecular weight is 808 g/mol. The van der Waals surface area contributed by atoms with Gasteiger partial charge in [-0.3, -0.25) is 4.79 Å². The highest BCUT2D eigenvalue weighted by Gasteiger charge is 2.41. The van der Waals surface area contributed by atoms with Gasteiger partial charge in [0.2, 0.25) is 5.91 Å². The first-order valence-electron chi connectivity index (χ1n) is 19.5. The van der Waals surface area contributed by atoms with Crippen molar-refractivity contribution in [3.8, 4) is 0 Å². The van der Waals surface area contributed by atoms with Gasteiger partial charge in [-0.1, -0.05) is 195 Å². The first-order valence-corrected chi connectivity index (χ1v) is 21.5. The molecule has 0 aliphatic carbocycles. The van der Waals surface area contributed by atoms with Gasteiger partial charge in [0, 0.05) is 18.1 Å². The molecule has 1 fully saturated rings. The van der Waals surface area contributed by atoms with Crippen LogP contribution in [-0.4, -0.2) is 48.1 Å². The topological polar surface area (TPSA) is 111 Å². The number of carbonyl (C=O) groups excluding carboxylic acids is 3. The van der Waals surface area contributed by atoms with E-state index in [0.717, 1.165) is 29.5 Å². The highest BCUT2D eigenvalue weighted by Crippen LogP contribution is 2.50. The van der Waals surface area contributed by atoms with E-state index in [0.29, 0.717) is 18.1 Å². The highest BCUT2D eigenvalue weighted by molar-refractivity contribution is 8.01. The molecule has 0 spiro atoms. The molecule has 6 aromatic rings.